The van der Waals surface area contributed by atoms with Crippen LogP contribution >= 0.6 is 23.2 Å². The maximum atomic E-state index is 12.9. The molecule has 2 aliphatic rings. The first-order chi connectivity index (χ1) is 13.9. The van der Waals surface area contributed by atoms with Crippen molar-refractivity contribution in [3.63, 3.8) is 0 Å². The number of nitrogens with zero attached hydrogens (tertiary/aromatic N) is 1. The summed E-state index contributed by atoms with van der Waals surface area (Å²) in [6, 6.07) is 5.30. The van der Waals surface area contributed by atoms with Gasteiger partial charge >= 0.3 is 6.03 Å². The summed E-state index contributed by atoms with van der Waals surface area (Å²) < 4.78 is 27.2. The zero-order chi connectivity index (χ0) is 20.9. The standard InChI is InChI=1S/C20H28Cl2N3O3S.2CH2/c21-16-8-9-19(18(22)12-16)29(27,28)25-11-10-15(14-25)13-23-20(26)24-17-6-4-2-1-3-5-7-17;;/h8-9,12,15H,1-7,10-11,13-14H2,(H2,23,24,26);2*1H2. The summed E-state index contributed by atoms with van der Waals surface area (Å²) in [4.78, 5) is 12.3. The number of hydrogen-bond acceptors (Lipinski definition) is 3. The molecular formula is C22H32Cl2N3O3S. The molecule has 0 aromatic heterocycles. The molecule has 6 nitrogen and oxygen atoms in total. The van der Waals surface area contributed by atoms with Crippen molar-refractivity contribution in [3.8, 4) is 0 Å². The van der Waals surface area contributed by atoms with E-state index >= 15 is 0 Å². The van der Waals surface area contributed by atoms with E-state index in [0.29, 0.717) is 31.1 Å². The number of nitrogens with one attached hydrogen (secondary N) is 2. The van der Waals surface area contributed by atoms with Gasteiger partial charge in [-0.05, 0) is 43.4 Å². The summed E-state index contributed by atoms with van der Waals surface area (Å²) in [5.74, 6) is 0.0731. The normalized spacial score (nSPS) is 20.6. The Morgan fingerprint density at radius 2 is 1.71 bits per heavy atom. The monoisotopic (exact) mass is 488 g/mol. The minimum absolute atomic E-state index is 0. The summed E-state index contributed by atoms with van der Waals surface area (Å²) in [6.07, 6.45) is 8.56. The zero-order valence-corrected chi connectivity index (χ0v) is 20.2. The molecule has 1 heterocycles. The van der Waals surface area contributed by atoms with Crippen LogP contribution in [0, 0.1) is 26.8 Å². The lowest BCUT2D eigenvalue weighted by atomic mass is 9.97. The van der Waals surface area contributed by atoms with Crippen molar-refractivity contribution in [1.29, 1.82) is 0 Å². The van der Waals surface area contributed by atoms with E-state index < -0.39 is 10.0 Å². The van der Waals surface area contributed by atoms with Crippen molar-refractivity contribution >= 4 is 39.3 Å². The summed E-state index contributed by atoms with van der Waals surface area (Å²) in [5.41, 5.74) is 0. The lowest BCUT2D eigenvalue weighted by Gasteiger charge is -2.21. The maximum Gasteiger partial charge on any atom is 0.315 e. The summed E-state index contributed by atoms with van der Waals surface area (Å²) in [7, 11) is -3.68. The van der Waals surface area contributed by atoms with Crippen LogP contribution in [0.1, 0.15) is 51.4 Å². The Balaban J connectivity index is 0.00000240. The molecule has 1 aromatic carbocycles. The quantitative estimate of drug-likeness (QED) is 0.594. The van der Waals surface area contributed by atoms with Gasteiger partial charge in [-0.3, -0.25) is 0 Å². The third-order valence-corrected chi connectivity index (χ3v) is 8.14. The second-order valence-electron chi connectivity index (χ2n) is 7.80. The first kappa shape index (κ1) is 28.0. The molecule has 1 atom stereocenters. The van der Waals surface area contributed by atoms with Crippen LogP contribution in [0.2, 0.25) is 10.0 Å². The van der Waals surface area contributed by atoms with Crippen molar-refractivity contribution in [2.24, 2.45) is 5.92 Å². The van der Waals surface area contributed by atoms with Gasteiger partial charge in [0.2, 0.25) is 10.0 Å². The highest BCUT2D eigenvalue weighted by Gasteiger charge is 2.34. The number of urea groups is 1. The molecule has 2 N–H and O–H groups in total. The summed E-state index contributed by atoms with van der Waals surface area (Å²) in [6.45, 7) is 1.21. The van der Waals surface area contributed by atoms with Crippen molar-refractivity contribution in [2.45, 2.75) is 56.3 Å². The fourth-order valence-electron chi connectivity index (χ4n) is 3.90. The summed E-state index contributed by atoms with van der Waals surface area (Å²) in [5, 5.41) is 6.41. The molecule has 3 rings (SSSR count). The fourth-order valence-corrected chi connectivity index (χ4v) is 6.18. The highest BCUT2D eigenvalue weighted by molar-refractivity contribution is 7.89. The van der Waals surface area contributed by atoms with E-state index in [9.17, 15) is 13.2 Å². The second kappa shape index (κ2) is 12.9. The molecule has 2 amide bonds. The van der Waals surface area contributed by atoms with Crippen LogP contribution in [0.3, 0.4) is 0 Å². The number of hydrogen-bond donors (Lipinski definition) is 2. The van der Waals surface area contributed by atoms with E-state index in [4.69, 9.17) is 23.2 Å². The molecule has 173 valence electrons. The van der Waals surface area contributed by atoms with Crippen LogP contribution in [0.15, 0.2) is 23.1 Å². The molecule has 1 saturated heterocycles. The van der Waals surface area contributed by atoms with Gasteiger partial charge in [0, 0.05) is 24.7 Å². The lowest BCUT2D eigenvalue weighted by Crippen LogP contribution is -2.41. The Labute approximate surface area is 198 Å². The predicted octanol–water partition coefficient (Wildman–Crippen LogP) is 5.23. The van der Waals surface area contributed by atoms with Crippen LogP contribution < -0.4 is 10.6 Å². The number of halogens is 2. The first-order valence-corrected chi connectivity index (χ1v) is 12.4. The number of amides is 2. The first-order valence-electron chi connectivity index (χ1n) is 10.2. The Bertz CT molecular complexity index is 812. The number of carbonyl (C=O) groups is 1. The second-order valence-corrected chi connectivity index (χ2v) is 10.5. The Morgan fingerprint density at radius 3 is 2.35 bits per heavy atom. The predicted molar refractivity (Wildman–Crippen MR) is 126 cm³/mol. The number of rotatable bonds is 5. The van der Waals surface area contributed by atoms with E-state index in [0.717, 1.165) is 31.7 Å². The van der Waals surface area contributed by atoms with Gasteiger partial charge in [0.15, 0.2) is 0 Å². The van der Waals surface area contributed by atoms with Gasteiger partial charge in [0.25, 0.3) is 0 Å². The van der Waals surface area contributed by atoms with Crippen molar-refractivity contribution in [1.82, 2.24) is 14.9 Å². The van der Waals surface area contributed by atoms with Crippen LogP contribution in [0.4, 0.5) is 4.79 Å². The topological polar surface area (TPSA) is 78.5 Å². The third kappa shape index (κ3) is 7.81. The summed E-state index contributed by atoms with van der Waals surface area (Å²) >= 11 is 12.0. The van der Waals surface area contributed by atoms with E-state index in [1.165, 1.54) is 41.8 Å². The fraction of sp³-hybridized carbons (Fsp3) is 0.545. The SMILES string of the molecule is O=C(NCC1CCN(S(=O)(=O)c2ccc(Cl)cc2Cl)C1)N[C]1CCCCCCC1.[CH2].[CH2]. The smallest absolute Gasteiger partial charge is 0.315 e. The highest BCUT2D eigenvalue weighted by Crippen LogP contribution is 2.30. The molecule has 1 aromatic rings. The maximum absolute atomic E-state index is 12.9. The third-order valence-electron chi connectivity index (χ3n) is 5.56. The highest BCUT2D eigenvalue weighted by atomic mass is 35.5. The Kier molecular flexibility index (Phi) is 11.6. The van der Waals surface area contributed by atoms with Crippen LogP contribution in [0.5, 0.6) is 0 Å². The molecule has 2 fully saturated rings. The van der Waals surface area contributed by atoms with Gasteiger partial charge in [-0.25, -0.2) is 13.2 Å². The van der Waals surface area contributed by atoms with Gasteiger partial charge in [-0.1, -0.05) is 70.2 Å². The van der Waals surface area contributed by atoms with Gasteiger partial charge in [-0.2, -0.15) is 4.31 Å². The molecule has 1 aliphatic heterocycles. The van der Waals surface area contributed by atoms with Crippen molar-refractivity contribution in [3.05, 3.63) is 49.1 Å². The zero-order valence-electron chi connectivity index (χ0n) is 17.8. The molecule has 31 heavy (non-hydrogen) atoms. The van der Waals surface area contributed by atoms with Crippen molar-refractivity contribution < 1.29 is 13.2 Å². The molecule has 1 unspecified atom stereocenters. The molecular weight excluding hydrogens is 457 g/mol. The minimum Gasteiger partial charge on any atom is -0.338 e. The van der Waals surface area contributed by atoms with Gasteiger partial charge < -0.3 is 10.6 Å². The van der Waals surface area contributed by atoms with E-state index in [1.807, 2.05) is 0 Å². The van der Waals surface area contributed by atoms with Crippen LogP contribution in [-0.4, -0.2) is 38.4 Å². The van der Waals surface area contributed by atoms with Crippen molar-refractivity contribution in [2.75, 3.05) is 19.6 Å². The number of benzene rings is 1. The number of carbonyl (C=O) groups excluding carboxylic acids is 1. The lowest BCUT2D eigenvalue weighted by molar-refractivity contribution is 0.238. The average molecular weight is 489 g/mol. The van der Waals surface area contributed by atoms with E-state index in [2.05, 4.69) is 10.6 Å². The average Bonchev–Trinajstić information content (AvgIpc) is 3.12. The molecule has 5 radical (unpaired) electrons. The molecule has 9 heteroatoms. The van der Waals surface area contributed by atoms with Crippen LogP contribution in [0.25, 0.3) is 0 Å². The van der Waals surface area contributed by atoms with Gasteiger partial charge in [0.05, 0.1) is 11.1 Å². The molecule has 0 bridgehead atoms. The van der Waals surface area contributed by atoms with Gasteiger partial charge in [0.1, 0.15) is 4.90 Å². The Hall–Kier alpha value is -1.02. The number of sulfonamides is 1. The molecule has 0 spiro atoms. The van der Waals surface area contributed by atoms with Gasteiger partial charge in [-0.15, -0.1) is 0 Å². The molecule has 1 aliphatic carbocycles. The Morgan fingerprint density at radius 1 is 1.06 bits per heavy atom. The van der Waals surface area contributed by atoms with E-state index in [-0.39, 0.29) is 36.7 Å². The largest absolute Gasteiger partial charge is 0.338 e. The molecule has 1 saturated carbocycles. The van der Waals surface area contributed by atoms with Crippen LogP contribution in [-0.2, 0) is 10.0 Å². The minimum atomic E-state index is -3.68. The van der Waals surface area contributed by atoms with E-state index in [1.54, 1.807) is 0 Å².